The maximum atomic E-state index is 5.61. The van der Waals surface area contributed by atoms with Crippen molar-refractivity contribution in [2.75, 3.05) is 39.4 Å². The van der Waals surface area contributed by atoms with Crippen LogP contribution in [-0.2, 0) is 24.2 Å². The van der Waals surface area contributed by atoms with Gasteiger partial charge in [0.1, 0.15) is 11.5 Å². The summed E-state index contributed by atoms with van der Waals surface area (Å²) in [6.45, 7) is 10.1. The lowest BCUT2D eigenvalue weighted by Crippen LogP contribution is -2.48. The summed E-state index contributed by atoms with van der Waals surface area (Å²) >= 11 is 0. The lowest BCUT2D eigenvalue weighted by Gasteiger charge is -2.40. The molecule has 0 atom stereocenters. The van der Waals surface area contributed by atoms with Gasteiger partial charge in [0.2, 0.25) is 0 Å². The van der Waals surface area contributed by atoms with Gasteiger partial charge in [-0.25, -0.2) is 4.98 Å². The predicted octanol–water partition coefficient (Wildman–Crippen LogP) is 4.85. The fourth-order valence-corrected chi connectivity index (χ4v) is 5.69. The monoisotopic (exact) mass is 535 g/mol. The molecule has 2 aliphatic heterocycles. The van der Waals surface area contributed by atoms with Gasteiger partial charge in [0.15, 0.2) is 5.76 Å². The largest absolute Gasteiger partial charge is 0.379 e. The van der Waals surface area contributed by atoms with Crippen molar-refractivity contribution in [3.8, 4) is 23.2 Å². The minimum atomic E-state index is 0.655. The zero-order valence-electron chi connectivity index (χ0n) is 23.3. The van der Waals surface area contributed by atoms with Gasteiger partial charge in [-0.3, -0.25) is 9.80 Å². The Labute approximate surface area is 236 Å². The highest BCUT2D eigenvalue weighted by Gasteiger charge is 2.25. The van der Waals surface area contributed by atoms with E-state index in [-0.39, 0.29) is 0 Å². The van der Waals surface area contributed by atoms with E-state index in [9.17, 15) is 0 Å². The highest BCUT2D eigenvalue weighted by molar-refractivity contribution is 5.59. The molecule has 0 saturated carbocycles. The van der Waals surface area contributed by atoms with Crippen LogP contribution in [0.25, 0.3) is 11.3 Å². The smallest absolute Gasteiger partial charge is 0.167 e. The first kappa shape index (κ1) is 26.5. The molecular weight excluding hydrogens is 498 g/mol. The zero-order chi connectivity index (χ0) is 27.1. The molecule has 2 fully saturated rings. The van der Waals surface area contributed by atoms with E-state index in [1.807, 2.05) is 42.7 Å². The van der Waals surface area contributed by atoms with E-state index >= 15 is 0 Å². The number of hydrogen-bond donors (Lipinski definition) is 0. The first-order valence-electron chi connectivity index (χ1n) is 14.4. The number of aromatic nitrogens is 3. The molecule has 2 aromatic carbocycles. The van der Waals surface area contributed by atoms with Crippen molar-refractivity contribution in [2.45, 2.75) is 45.3 Å². The number of rotatable bonds is 7. The average Bonchev–Trinajstić information content (AvgIpc) is 3.68. The average molecular weight is 536 g/mol. The summed E-state index contributed by atoms with van der Waals surface area (Å²) in [4.78, 5) is 9.58. The Morgan fingerprint density at radius 1 is 0.875 bits per heavy atom. The van der Waals surface area contributed by atoms with Crippen molar-refractivity contribution < 1.29 is 9.26 Å². The Morgan fingerprint density at radius 3 is 2.27 bits per heavy atom. The third-order valence-corrected chi connectivity index (χ3v) is 8.01. The summed E-state index contributed by atoms with van der Waals surface area (Å²) in [5, 5.41) is 4.25. The number of likely N-dealkylation sites (tertiary alicyclic amines) is 1. The minimum absolute atomic E-state index is 0.655. The van der Waals surface area contributed by atoms with E-state index in [1.54, 1.807) is 0 Å². The third kappa shape index (κ3) is 6.53. The van der Waals surface area contributed by atoms with Gasteiger partial charge < -0.3 is 13.8 Å². The van der Waals surface area contributed by atoms with Crippen LogP contribution >= 0.6 is 0 Å². The summed E-state index contributed by atoms with van der Waals surface area (Å²) < 4.78 is 13.2. The Balaban J connectivity index is 1.00. The molecule has 0 spiro atoms. The number of ether oxygens (including phenoxy) is 1. The molecule has 7 nitrogen and oxygen atoms in total. The normalized spacial score (nSPS) is 17.0. The van der Waals surface area contributed by atoms with Crippen LogP contribution in [0.3, 0.4) is 0 Å². The second-order valence-electron chi connectivity index (χ2n) is 10.7. The van der Waals surface area contributed by atoms with Crippen LogP contribution in [0.5, 0.6) is 0 Å². The highest BCUT2D eigenvalue weighted by Crippen LogP contribution is 2.22. The molecule has 0 aliphatic carbocycles. The molecule has 0 amide bonds. The van der Waals surface area contributed by atoms with Crippen molar-refractivity contribution in [3.63, 3.8) is 0 Å². The van der Waals surface area contributed by atoms with Crippen LogP contribution in [0.4, 0.5) is 0 Å². The molecule has 40 heavy (non-hydrogen) atoms. The molecule has 2 saturated heterocycles. The SMILES string of the molecule is CCc1nccn1Cc1cc(-c2ccc(C#Cc3ccc(CN4CCC(N5CCOCC5)CC4)cc3)cc2)on1. The molecule has 0 radical (unpaired) electrons. The van der Waals surface area contributed by atoms with Crippen LogP contribution in [0.15, 0.2) is 71.5 Å². The maximum absolute atomic E-state index is 5.61. The summed E-state index contributed by atoms with van der Waals surface area (Å²) in [7, 11) is 0. The minimum Gasteiger partial charge on any atom is -0.379 e. The van der Waals surface area contributed by atoms with Crippen molar-refractivity contribution in [1.82, 2.24) is 24.5 Å². The van der Waals surface area contributed by atoms with Crippen molar-refractivity contribution >= 4 is 0 Å². The molecule has 0 bridgehead atoms. The first-order valence-corrected chi connectivity index (χ1v) is 14.4. The molecule has 7 heteroatoms. The van der Waals surface area contributed by atoms with E-state index in [0.29, 0.717) is 6.54 Å². The summed E-state index contributed by atoms with van der Waals surface area (Å²) in [5.41, 5.74) is 5.23. The van der Waals surface area contributed by atoms with E-state index in [0.717, 1.165) is 79.3 Å². The molecule has 6 rings (SSSR count). The van der Waals surface area contributed by atoms with Crippen LogP contribution < -0.4 is 0 Å². The number of nitrogens with zero attached hydrogens (tertiary/aromatic N) is 5. The van der Waals surface area contributed by atoms with E-state index < -0.39 is 0 Å². The highest BCUT2D eigenvalue weighted by atomic mass is 16.5. The van der Waals surface area contributed by atoms with Gasteiger partial charge in [-0.15, -0.1) is 0 Å². The van der Waals surface area contributed by atoms with Gasteiger partial charge in [0.25, 0.3) is 0 Å². The van der Waals surface area contributed by atoms with Gasteiger partial charge in [0, 0.05) is 67.2 Å². The van der Waals surface area contributed by atoms with Gasteiger partial charge in [-0.05, 0) is 67.9 Å². The summed E-state index contributed by atoms with van der Waals surface area (Å²) in [6, 6.07) is 19.6. The zero-order valence-corrected chi connectivity index (χ0v) is 23.3. The standard InChI is InChI=1S/C33H37N5O2/c1-2-33-34-15-18-38(33)25-30-23-32(40-35-30)29-11-9-27(10-12-29)4-3-26-5-7-28(8-6-26)24-36-16-13-31(14-17-36)37-19-21-39-22-20-37/h5-12,15,18,23,31H,2,13-14,16-17,19-22,24-25H2,1H3. The molecule has 206 valence electrons. The predicted molar refractivity (Wildman–Crippen MR) is 156 cm³/mol. The Morgan fingerprint density at radius 2 is 1.57 bits per heavy atom. The molecule has 0 N–H and O–H groups in total. The van der Waals surface area contributed by atoms with E-state index in [1.165, 1.54) is 31.5 Å². The van der Waals surface area contributed by atoms with Crippen molar-refractivity contribution in [1.29, 1.82) is 0 Å². The number of benzene rings is 2. The van der Waals surface area contributed by atoms with Crippen LogP contribution in [0.1, 0.15) is 48.0 Å². The van der Waals surface area contributed by atoms with Crippen molar-refractivity contribution in [3.05, 3.63) is 95.2 Å². The van der Waals surface area contributed by atoms with Gasteiger partial charge in [-0.1, -0.05) is 36.1 Å². The third-order valence-electron chi connectivity index (χ3n) is 8.01. The second kappa shape index (κ2) is 12.6. The molecule has 4 aromatic rings. The number of imidazole rings is 1. The first-order chi connectivity index (χ1) is 19.7. The molecular formula is C33H37N5O2. The van der Waals surface area contributed by atoms with Crippen LogP contribution in [0, 0.1) is 11.8 Å². The lowest BCUT2D eigenvalue weighted by atomic mass is 10.0. The number of piperidine rings is 1. The lowest BCUT2D eigenvalue weighted by molar-refractivity contribution is 0.000230. The van der Waals surface area contributed by atoms with Gasteiger partial charge in [-0.2, -0.15) is 0 Å². The Bertz CT molecular complexity index is 1430. The van der Waals surface area contributed by atoms with Gasteiger partial charge >= 0.3 is 0 Å². The maximum Gasteiger partial charge on any atom is 0.167 e. The molecule has 4 heterocycles. The topological polar surface area (TPSA) is 59.6 Å². The summed E-state index contributed by atoms with van der Waals surface area (Å²) in [6.07, 6.45) is 7.20. The van der Waals surface area contributed by atoms with Crippen LogP contribution in [-0.4, -0.2) is 69.9 Å². The van der Waals surface area contributed by atoms with Crippen LogP contribution in [0.2, 0.25) is 0 Å². The fourth-order valence-electron chi connectivity index (χ4n) is 5.69. The quantitative estimate of drug-likeness (QED) is 0.316. The Hall–Kier alpha value is -3.70. The molecule has 2 aromatic heterocycles. The van der Waals surface area contributed by atoms with Gasteiger partial charge in [0.05, 0.1) is 19.8 Å². The number of hydrogen-bond acceptors (Lipinski definition) is 6. The Kier molecular flexibility index (Phi) is 8.39. The molecule has 2 aliphatic rings. The van der Waals surface area contributed by atoms with E-state index in [4.69, 9.17) is 9.26 Å². The fraction of sp³-hybridized carbons (Fsp3) is 0.394. The molecule has 0 unspecified atom stereocenters. The summed E-state index contributed by atoms with van der Waals surface area (Å²) in [5.74, 6) is 8.40. The van der Waals surface area contributed by atoms with Crippen molar-refractivity contribution in [2.24, 2.45) is 0 Å². The van der Waals surface area contributed by atoms with E-state index in [2.05, 4.69) is 67.5 Å². The number of morpholine rings is 1. The second-order valence-corrected chi connectivity index (χ2v) is 10.7. The number of aryl methyl sites for hydroxylation is 1.